The molecule has 2 heteroatoms. The maximum atomic E-state index is 3.49. The van der Waals surface area contributed by atoms with Crippen LogP contribution >= 0.6 is 0 Å². The molecule has 0 fully saturated rings. The number of hydrogen-bond donors (Lipinski definition) is 2. The Morgan fingerprint density at radius 1 is 1.00 bits per heavy atom. The van der Waals surface area contributed by atoms with Crippen LogP contribution in [0.1, 0.15) is 17.7 Å². The van der Waals surface area contributed by atoms with Gasteiger partial charge in [-0.1, -0.05) is 36.4 Å². The number of nitrogens with one attached hydrogen (secondary N) is 2. The second kappa shape index (κ2) is 4.02. The van der Waals surface area contributed by atoms with Crippen molar-refractivity contribution in [3.05, 3.63) is 59.9 Å². The van der Waals surface area contributed by atoms with Gasteiger partial charge in [-0.25, -0.2) is 0 Å². The molecule has 0 saturated heterocycles. The quantitative estimate of drug-likeness (QED) is 0.629. The van der Waals surface area contributed by atoms with Crippen LogP contribution in [0.4, 0.5) is 0 Å². The van der Waals surface area contributed by atoms with Crippen LogP contribution in [0, 0.1) is 0 Å². The van der Waals surface area contributed by atoms with E-state index in [1.54, 1.807) is 0 Å². The number of allylic oxidation sites excluding steroid dienone is 2. The molecule has 19 heavy (non-hydrogen) atoms. The van der Waals surface area contributed by atoms with Crippen LogP contribution in [0.3, 0.4) is 0 Å². The minimum absolute atomic E-state index is 0.995. The van der Waals surface area contributed by atoms with Gasteiger partial charge in [-0.3, -0.25) is 0 Å². The molecular weight excluding hydrogens is 232 g/mol. The molecule has 0 spiro atoms. The summed E-state index contributed by atoms with van der Waals surface area (Å²) in [6.07, 6.45) is 11.8. The van der Waals surface area contributed by atoms with E-state index in [0.717, 1.165) is 6.42 Å². The lowest BCUT2D eigenvalue weighted by Crippen LogP contribution is -1.79. The first-order valence-electron chi connectivity index (χ1n) is 6.54. The van der Waals surface area contributed by atoms with E-state index in [1.165, 1.54) is 33.4 Å². The second-order valence-corrected chi connectivity index (χ2v) is 4.84. The monoisotopic (exact) mass is 246 g/mol. The molecule has 1 aromatic carbocycles. The lowest BCUT2D eigenvalue weighted by atomic mass is 10.1. The van der Waals surface area contributed by atoms with E-state index in [2.05, 4.69) is 70.8 Å². The summed E-state index contributed by atoms with van der Waals surface area (Å²) in [7, 11) is 0. The number of hydrogen-bond acceptors (Lipinski definition) is 0. The van der Waals surface area contributed by atoms with Crippen molar-refractivity contribution in [2.45, 2.75) is 6.42 Å². The summed E-state index contributed by atoms with van der Waals surface area (Å²) < 4.78 is 0. The van der Waals surface area contributed by atoms with Gasteiger partial charge in [-0.2, -0.15) is 0 Å². The zero-order valence-corrected chi connectivity index (χ0v) is 10.5. The van der Waals surface area contributed by atoms with Crippen molar-refractivity contribution in [1.29, 1.82) is 0 Å². The first-order valence-corrected chi connectivity index (χ1v) is 6.54. The minimum atomic E-state index is 0.995. The first-order chi connectivity index (χ1) is 9.42. The molecule has 0 saturated carbocycles. The normalized spacial score (nSPS) is 13.7. The van der Waals surface area contributed by atoms with Crippen LogP contribution in [0.25, 0.3) is 34.3 Å². The molecule has 1 aliphatic carbocycles. The van der Waals surface area contributed by atoms with E-state index in [1.807, 2.05) is 0 Å². The van der Waals surface area contributed by atoms with Crippen LogP contribution in [0.2, 0.25) is 0 Å². The summed E-state index contributed by atoms with van der Waals surface area (Å²) >= 11 is 0. The lowest BCUT2D eigenvalue weighted by molar-refractivity contribution is 1.36. The Balaban J connectivity index is 1.93. The molecule has 0 atom stereocenters. The third-order valence-corrected chi connectivity index (χ3v) is 3.61. The fourth-order valence-electron chi connectivity index (χ4n) is 2.66. The molecule has 4 rings (SSSR count). The van der Waals surface area contributed by atoms with Crippen molar-refractivity contribution in [3.63, 3.8) is 0 Å². The van der Waals surface area contributed by atoms with E-state index in [0.29, 0.717) is 0 Å². The van der Waals surface area contributed by atoms with Crippen LogP contribution in [0.5, 0.6) is 0 Å². The summed E-state index contributed by atoms with van der Waals surface area (Å²) in [4.78, 5) is 6.84. The van der Waals surface area contributed by atoms with Gasteiger partial charge in [0, 0.05) is 39.6 Å². The summed E-state index contributed by atoms with van der Waals surface area (Å²) in [6, 6.07) is 10.6. The highest BCUT2D eigenvalue weighted by Crippen LogP contribution is 2.31. The Kier molecular flexibility index (Phi) is 2.21. The zero-order chi connectivity index (χ0) is 12.7. The van der Waals surface area contributed by atoms with Gasteiger partial charge in [-0.05, 0) is 24.6 Å². The van der Waals surface area contributed by atoms with E-state index in [4.69, 9.17) is 0 Å². The molecule has 2 N–H and O–H groups in total. The topological polar surface area (TPSA) is 31.6 Å². The average molecular weight is 246 g/mol. The molecule has 1 aliphatic rings. The van der Waals surface area contributed by atoms with Gasteiger partial charge in [0.25, 0.3) is 0 Å². The van der Waals surface area contributed by atoms with E-state index >= 15 is 0 Å². The molecular formula is C17H14N2. The first kappa shape index (κ1) is 10.4. The molecule has 2 nitrogen and oxygen atoms in total. The molecule has 2 aromatic heterocycles. The maximum absolute atomic E-state index is 3.49. The van der Waals surface area contributed by atoms with Gasteiger partial charge >= 0.3 is 0 Å². The maximum Gasteiger partial charge on any atom is 0.0486 e. The highest BCUT2D eigenvalue weighted by molar-refractivity contribution is 5.89. The third kappa shape index (κ3) is 1.65. The van der Waals surface area contributed by atoms with Crippen LogP contribution < -0.4 is 0 Å². The summed E-state index contributed by atoms with van der Waals surface area (Å²) in [5.74, 6) is 0. The zero-order valence-electron chi connectivity index (χ0n) is 10.5. The van der Waals surface area contributed by atoms with E-state index < -0.39 is 0 Å². The smallest absolute Gasteiger partial charge is 0.0486 e. The summed E-state index contributed by atoms with van der Waals surface area (Å²) in [5.41, 5.74) is 6.02. The molecule has 0 bridgehead atoms. The lowest BCUT2D eigenvalue weighted by Gasteiger charge is -1.97. The van der Waals surface area contributed by atoms with Crippen molar-refractivity contribution < 1.29 is 0 Å². The van der Waals surface area contributed by atoms with Gasteiger partial charge in [-0.15, -0.1) is 0 Å². The van der Waals surface area contributed by atoms with Gasteiger partial charge in [0.2, 0.25) is 0 Å². The number of aromatic nitrogens is 2. The van der Waals surface area contributed by atoms with E-state index in [9.17, 15) is 0 Å². The molecule has 92 valence electrons. The summed E-state index contributed by atoms with van der Waals surface area (Å²) in [6.45, 7) is 0. The molecule has 3 aromatic rings. The van der Waals surface area contributed by atoms with Crippen LogP contribution in [-0.2, 0) is 0 Å². The van der Waals surface area contributed by atoms with Gasteiger partial charge < -0.3 is 9.97 Å². The van der Waals surface area contributed by atoms with Crippen molar-refractivity contribution in [1.82, 2.24) is 9.97 Å². The Labute approximate surface area is 111 Å². The number of rotatable bonds is 1. The van der Waals surface area contributed by atoms with Crippen molar-refractivity contribution in [2.24, 2.45) is 0 Å². The largest absolute Gasteiger partial charge is 0.360 e. The molecule has 0 unspecified atom stereocenters. The minimum Gasteiger partial charge on any atom is -0.360 e. The average Bonchev–Trinajstić information content (AvgIpc) is 2.96. The fraction of sp³-hybridized carbons (Fsp3) is 0.0588. The van der Waals surface area contributed by atoms with Crippen molar-refractivity contribution in [3.8, 4) is 11.3 Å². The van der Waals surface area contributed by atoms with Crippen LogP contribution in [0.15, 0.2) is 48.7 Å². The third-order valence-electron chi connectivity index (χ3n) is 3.61. The van der Waals surface area contributed by atoms with Gasteiger partial charge in [0.15, 0.2) is 0 Å². The molecule has 0 amide bonds. The Bertz CT molecular complexity index is 767. The molecule has 0 aliphatic heterocycles. The molecule has 2 heterocycles. The Morgan fingerprint density at radius 2 is 1.89 bits per heavy atom. The fourth-order valence-corrected chi connectivity index (χ4v) is 2.66. The highest BCUT2D eigenvalue weighted by atomic mass is 14.7. The number of benzene rings is 1. The number of aromatic amines is 2. The Morgan fingerprint density at radius 3 is 2.84 bits per heavy atom. The molecule has 0 radical (unpaired) electrons. The number of fused-ring (bicyclic) bond motifs is 2. The summed E-state index contributed by atoms with van der Waals surface area (Å²) in [5, 5.41) is 1.25. The highest BCUT2D eigenvalue weighted by Gasteiger charge is 2.11. The SMILES string of the molecule is C1=Cc2[nH]cc(-c3cc4ccccc4[nH]3)c2C=CC1. The van der Waals surface area contributed by atoms with Crippen molar-refractivity contribution in [2.75, 3.05) is 0 Å². The van der Waals surface area contributed by atoms with Gasteiger partial charge in [0.1, 0.15) is 0 Å². The number of H-pyrrole nitrogens is 2. The van der Waals surface area contributed by atoms with Gasteiger partial charge in [0.05, 0.1) is 0 Å². The predicted molar refractivity (Wildman–Crippen MR) is 80.8 cm³/mol. The van der Waals surface area contributed by atoms with Crippen LogP contribution in [-0.4, -0.2) is 9.97 Å². The van der Waals surface area contributed by atoms with E-state index in [-0.39, 0.29) is 0 Å². The number of para-hydroxylation sites is 1. The second-order valence-electron chi connectivity index (χ2n) is 4.84. The van der Waals surface area contributed by atoms with Crippen molar-refractivity contribution >= 4 is 23.1 Å². The Hall–Kier alpha value is -2.48. The standard InChI is InChI=1S/C17H14N2/c1-2-7-13-14(11-18-16(13)9-3-1)17-10-12-6-4-5-8-15(12)19-17/h2-11,18-19H,1H2. The predicted octanol–water partition coefficient (Wildman–Crippen LogP) is 4.59.